The van der Waals surface area contributed by atoms with Gasteiger partial charge in [0.25, 0.3) is 0 Å². The van der Waals surface area contributed by atoms with Crippen molar-refractivity contribution in [2.45, 2.75) is 153 Å². The summed E-state index contributed by atoms with van der Waals surface area (Å²) < 4.78 is 48.3. The fourth-order valence-corrected chi connectivity index (χ4v) is 8.05. The van der Waals surface area contributed by atoms with Gasteiger partial charge >= 0.3 is 7.82 Å². The Morgan fingerprint density at radius 1 is 0.915 bits per heavy atom. The number of nitriles is 2. The lowest BCUT2D eigenvalue weighted by Crippen LogP contribution is -2.41. The number of hydrogen-bond acceptors (Lipinski definition) is 13. The normalized spacial score (nSPS) is 20.6. The monoisotopic (exact) mass is 841 g/mol. The Hall–Kier alpha value is -3.47. The number of ether oxygens (including phenoxy) is 4. The van der Waals surface area contributed by atoms with Crippen LogP contribution in [0, 0.1) is 29.6 Å². The van der Waals surface area contributed by atoms with E-state index in [4.69, 9.17) is 28.0 Å². The number of aliphatic hydroxyl groups is 2. The van der Waals surface area contributed by atoms with Crippen LogP contribution in [0.3, 0.4) is 0 Å². The summed E-state index contributed by atoms with van der Waals surface area (Å²) in [4.78, 5) is 14.8. The van der Waals surface area contributed by atoms with E-state index in [0.717, 1.165) is 19.3 Å². The van der Waals surface area contributed by atoms with Crippen LogP contribution >= 0.6 is 7.82 Å². The predicted molar refractivity (Wildman–Crippen MR) is 220 cm³/mol. The number of phosphoric ester groups is 1. The molecule has 0 bridgehead atoms. The lowest BCUT2D eigenvalue weighted by atomic mass is 9.92. The molecule has 15 nitrogen and oxygen atoms in total. The molecule has 3 heterocycles. The second-order valence-corrected chi connectivity index (χ2v) is 16.8. The van der Waals surface area contributed by atoms with Crippen LogP contribution < -0.4 is 4.74 Å². The Kier molecular flexibility index (Phi) is 20.7. The SMILES string of the molecule is CCCCCCCCCCCCCCCCCCOC[C@H](COP(=O)(O)OC[C@H]1O[C@@](C#N)(c2ccc3c(C)ncnn23)[C@H](O)[C@@H]1O)OCc1ccc(C#N)cc1OC. The molecule has 16 heteroatoms. The number of benzene rings is 1. The van der Waals surface area contributed by atoms with Gasteiger partial charge in [-0.3, -0.25) is 9.05 Å². The predicted octanol–water partition coefficient (Wildman–Crippen LogP) is 7.75. The zero-order valence-corrected chi connectivity index (χ0v) is 35.9. The number of hydrogen-bond donors (Lipinski definition) is 3. The second kappa shape index (κ2) is 25.3. The van der Waals surface area contributed by atoms with E-state index in [0.29, 0.717) is 34.7 Å². The average molecular weight is 842 g/mol. The fourth-order valence-electron chi connectivity index (χ4n) is 7.29. The summed E-state index contributed by atoms with van der Waals surface area (Å²) in [6.07, 6.45) is 16.0. The first-order valence-electron chi connectivity index (χ1n) is 21.2. The Morgan fingerprint density at radius 3 is 2.17 bits per heavy atom. The van der Waals surface area contributed by atoms with Crippen LogP contribution in [-0.4, -0.2) is 87.7 Å². The Morgan fingerprint density at radius 2 is 1.56 bits per heavy atom. The van der Waals surface area contributed by atoms with E-state index in [1.807, 2.05) is 6.07 Å². The zero-order valence-electron chi connectivity index (χ0n) is 35.0. The number of fused-ring (bicyclic) bond motifs is 1. The third-order valence-corrected chi connectivity index (χ3v) is 11.8. The molecule has 1 aromatic carbocycles. The molecule has 59 heavy (non-hydrogen) atoms. The Labute approximate surface area is 349 Å². The molecular formula is C43H64N5O10P. The molecule has 0 amide bonds. The van der Waals surface area contributed by atoms with Crippen LogP contribution in [-0.2, 0) is 40.0 Å². The highest BCUT2D eigenvalue weighted by Gasteiger charge is 2.58. The molecule has 3 aromatic rings. The van der Waals surface area contributed by atoms with E-state index in [1.54, 1.807) is 31.2 Å². The molecule has 1 unspecified atom stereocenters. The van der Waals surface area contributed by atoms with Crippen molar-refractivity contribution in [3.63, 3.8) is 0 Å². The zero-order chi connectivity index (χ0) is 42.5. The molecule has 0 radical (unpaired) electrons. The highest BCUT2D eigenvalue weighted by molar-refractivity contribution is 7.47. The lowest BCUT2D eigenvalue weighted by Gasteiger charge is -2.24. The molecule has 1 saturated heterocycles. The third-order valence-electron chi connectivity index (χ3n) is 10.8. The summed E-state index contributed by atoms with van der Waals surface area (Å²) in [5.41, 5.74) is 0.357. The van der Waals surface area contributed by atoms with Crippen molar-refractivity contribution >= 4 is 13.3 Å². The highest BCUT2D eigenvalue weighted by atomic mass is 31.2. The number of phosphoric acid groups is 1. The first-order valence-corrected chi connectivity index (χ1v) is 22.7. The van der Waals surface area contributed by atoms with E-state index in [1.165, 1.54) is 107 Å². The Balaban J connectivity index is 1.22. The minimum atomic E-state index is -4.78. The molecule has 4 rings (SSSR count). The Bertz CT molecular complexity index is 1830. The van der Waals surface area contributed by atoms with Gasteiger partial charge in [-0.1, -0.05) is 109 Å². The largest absolute Gasteiger partial charge is 0.496 e. The number of unbranched alkanes of at least 4 members (excludes halogenated alkanes) is 15. The maximum absolute atomic E-state index is 13.1. The van der Waals surface area contributed by atoms with Crippen molar-refractivity contribution in [2.24, 2.45) is 0 Å². The summed E-state index contributed by atoms with van der Waals surface area (Å²) in [5.74, 6) is 0.454. The molecular weight excluding hydrogens is 777 g/mol. The highest BCUT2D eigenvalue weighted by Crippen LogP contribution is 2.46. The van der Waals surface area contributed by atoms with E-state index in [-0.39, 0.29) is 25.5 Å². The number of nitrogens with zero attached hydrogens (tertiary/aromatic N) is 5. The number of aromatic nitrogens is 3. The number of aliphatic hydroxyl groups excluding tert-OH is 2. The van der Waals surface area contributed by atoms with Gasteiger partial charge in [-0.15, -0.1) is 0 Å². The van der Waals surface area contributed by atoms with Gasteiger partial charge in [0.05, 0.1) is 62.1 Å². The lowest BCUT2D eigenvalue weighted by molar-refractivity contribution is -0.0691. The van der Waals surface area contributed by atoms with Crippen LogP contribution in [0.4, 0.5) is 0 Å². The maximum Gasteiger partial charge on any atom is 0.472 e. The minimum absolute atomic E-state index is 0.0387. The number of rotatable bonds is 30. The van der Waals surface area contributed by atoms with Gasteiger partial charge in [0.2, 0.25) is 5.60 Å². The van der Waals surface area contributed by atoms with Crippen molar-refractivity contribution in [3.05, 3.63) is 59.2 Å². The van der Waals surface area contributed by atoms with E-state index in [9.17, 15) is 30.2 Å². The quantitative estimate of drug-likeness (QED) is 0.0433. The summed E-state index contributed by atoms with van der Waals surface area (Å²) >= 11 is 0. The molecule has 1 fully saturated rings. The van der Waals surface area contributed by atoms with Crippen LogP contribution in [0.25, 0.3) is 5.52 Å². The number of aryl methyl sites for hydroxylation is 1. The molecule has 1 aliphatic heterocycles. The van der Waals surface area contributed by atoms with Gasteiger partial charge in [0, 0.05) is 12.2 Å². The average Bonchev–Trinajstić information content (AvgIpc) is 3.79. The first kappa shape index (κ1) is 48.2. The van der Waals surface area contributed by atoms with Crippen molar-refractivity contribution in [2.75, 3.05) is 33.5 Å². The van der Waals surface area contributed by atoms with Gasteiger partial charge in [0.1, 0.15) is 42.6 Å². The fraction of sp³-hybridized carbons (Fsp3) is 0.674. The molecule has 6 atom stereocenters. The second-order valence-electron chi connectivity index (χ2n) is 15.3. The van der Waals surface area contributed by atoms with Crippen LogP contribution in [0.1, 0.15) is 132 Å². The molecule has 0 spiro atoms. The number of methoxy groups -OCH3 is 1. The topological polar surface area (TPSA) is 211 Å². The summed E-state index contributed by atoms with van der Waals surface area (Å²) in [6, 6.07) is 12.2. The molecule has 0 saturated carbocycles. The van der Waals surface area contributed by atoms with Crippen LogP contribution in [0.2, 0.25) is 0 Å². The molecule has 0 aliphatic carbocycles. The molecule has 2 aromatic heterocycles. The van der Waals surface area contributed by atoms with Gasteiger partial charge in [-0.05, 0) is 37.6 Å². The van der Waals surface area contributed by atoms with E-state index in [2.05, 4.69) is 23.1 Å². The first-order chi connectivity index (χ1) is 28.6. The van der Waals surface area contributed by atoms with Crippen LogP contribution in [0.5, 0.6) is 5.75 Å². The van der Waals surface area contributed by atoms with Crippen molar-refractivity contribution < 1.29 is 47.7 Å². The molecule has 3 N–H and O–H groups in total. The maximum atomic E-state index is 13.1. The van der Waals surface area contributed by atoms with Gasteiger partial charge < -0.3 is 34.1 Å². The van der Waals surface area contributed by atoms with Gasteiger partial charge in [-0.25, -0.2) is 14.1 Å². The van der Waals surface area contributed by atoms with Crippen molar-refractivity contribution in [1.82, 2.24) is 14.6 Å². The van der Waals surface area contributed by atoms with Gasteiger partial charge in [-0.2, -0.15) is 15.6 Å². The van der Waals surface area contributed by atoms with Gasteiger partial charge in [0.15, 0.2) is 0 Å². The van der Waals surface area contributed by atoms with E-state index >= 15 is 0 Å². The summed E-state index contributed by atoms with van der Waals surface area (Å²) in [7, 11) is -3.29. The van der Waals surface area contributed by atoms with Crippen molar-refractivity contribution in [3.8, 4) is 17.9 Å². The third kappa shape index (κ3) is 14.6. The minimum Gasteiger partial charge on any atom is -0.496 e. The summed E-state index contributed by atoms with van der Waals surface area (Å²) in [6.45, 7) is 3.52. The van der Waals surface area contributed by atoms with E-state index < -0.39 is 44.4 Å². The van der Waals surface area contributed by atoms with Crippen LogP contribution in [0.15, 0.2) is 36.7 Å². The molecule has 1 aliphatic rings. The van der Waals surface area contributed by atoms with Crippen molar-refractivity contribution in [1.29, 1.82) is 10.5 Å². The standard InChI is InChI=1S/C43H64N5O10P/c1-4-5-6-7-8-9-10-11-12-13-14-15-16-17-18-19-24-54-28-36(55-27-35-21-20-34(26-44)25-38(35)53-3)29-56-59(51,52)57-30-39-41(49)42(50)43(31-45,58-39)40-23-22-37-33(2)46-32-47-48(37)40/h20-23,25,32,36,39,41-42,49-50H,4-19,24,27-30H2,1-3H3,(H,51,52)/t36-,39-,41-,42-,43+/m1/s1. The summed E-state index contributed by atoms with van der Waals surface area (Å²) in [5, 5.41) is 45.5. The molecule has 326 valence electrons. The smallest absolute Gasteiger partial charge is 0.472 e.